The lowest BCUT2D eigenvalue weighted by atomic mass is 10.0. The van der Waals surface area contributed by atoms with Crippen LogP contribution in [0.4, 0.5) is 0 Å². The molecule has 2 N–H and O–H groups in total. The molecule has 1 aromatic carbocycles. The summed E-state index contributed by atoms with van der Waals surface area (Å²) in [6.45, 7) is 5.26. The molecule has 0 radical (unpaired) electrons. The normalized spacial score (nSPS) is 19.2. The lowest BCUT2D eigenvalue weighted by Gasteiger charge is -2.21. The topological polar surface area (TPSA) is 85.8 Å². The van der Waals surface area contributed by atoms with Gasteiger partial charge in [-0.05, 0) is 56.8 Å². The van der Waals surface area contributed by atoms with Gasteiger partial charge in [0, 0.05) is 36.0 Å². The Hall–Kier alpha value is -2.05. The second kappa shape index (κ2) is 8.76. The number of aryl methyl sites for hydroxylation is 1. The van der Waals surface area contributed by atoms with E-state index in [9.17, 15) is 9.59 Å². The van der Waals surface area contributed by atoms with Crippen LogP contribution in [0.25, 0.3) is 11.0 Å². The lowest BCUT2D eigenvalue weighted by molar-refractivity contribution is -0.131. The number of fused-ring (bicyclic) bond motifs is 1. The number of benzene rings is 1. The first-order chi connectivity index (χ1) is 12.4. The maximum atomic E-state index is 12.6. The Bertz CT molecular complexity index is 880. The molecule has 2 unspecified atom stereocenters. The zero-order valence-electron chi connectivity index (χ0n) is 16.0. The molecule has 1 fully saturated rings. The molecule has 3 rings (SSSR count). The number of likely N-dealkylation sites (tertiary alicyclic amines) is 1. The van der Waals surface area contributed by atoms with Gasteiger partial charge in [0.15, 0.2) is 0 Å². The van der Waals surface area contributed by atoms with Crippen molar-refractivity contribution in [1.82, 2.24) is 4.90 Å². The highest BCUT2D eigenvalue weighted by molar-refractivity contribution is 5.85. The monoisotopic (exact) mass is 394 g/mol. The van der Waals surface area contributed by atoms with Crippen molar-refractivity contribution in [2.24, 2.45) is 11.7 Å². The van der Waals surface area contributed by atoms with Crippen LogP contribution in [0.2, 0.25) is 0 Å². The third-order valence-electron chi connectivity index (χ3n) is 5.40. The van der Waals surface area contributed by atoms with Gasteiger partial charge in [0.05, 0.1) is 7.11 Å². The van der Waals surface area contributed by atoms with Crippen molar-refractivity contribution < 1.29 is 13.9 Å². The van der Waals surface area contributed by atoms with Crippen LogP contribution in [0.3, 0.4) is 0 Å². The first kappa shape index (κ1) is 21.3. The van der Waals surface area contributed by atoms with E-state index in [0.29, 0.717) is 48.7 Å². The van der Waals surface area contributed by atoms with Crippen molar-refractivity contribution in [3.63, 3.8) is 0 Å². The Morgan fingerprint density at radius 2 is 2.15 bits per heavy atom. The molecule has 27 heavy (non-hydrogen) atoms. The first-order valence-corrected chi connectivity index (χ1v) is 9.04. The third-order valence-corrected chi connectivity index (χ3v) is 5.40. The number of carbonyl (C=O) groups is 1. The van der Waals surface area contributed by atoms with Crippen LogP contribution >= 0.6 is 12.4 Å². The van der Waals surface area contributed by atoms with Gasteiger partial charge in [0.1, 0.15) is 11.3 Å². The molecule has 0 spiro atoms. The summed E-state index contributed by atoms with van der Waals surface area (Å²) in [6.07, 6.45) is 1.63. The summed E-state index contributed by atoms with van der Waals surface area (Å²) in [4.78, 5) is 26.9. The summed E-state index contributed by atoms with van der Waals surface area (Å²) < 4.78 is 10.6. The third kappa shape index (κ3) is 4.28. The largest absolute Gasteiger partial charge is 0.497 e. The highest BCUT2D eigenvalue weighted by Crippen LogP contribution is 2.26. The molecule has 1 aliphatic rings. The molecule has 1 amide bonds. The van der Waals surface area contributed by atoms with Crippen LogP contribution in [-0.2, 0) is 11.2 Å². The van der Waals surface area contributed by atoms with Crippen molar-refractivity contribution in [1.29, 1.82) is 0 Å². The fraction of sp³-hybridized carbons (Fsp3) is 0.500. The zero-order valence-corrected chi connectivity index (χ0v) is 16.8. The van der Waals surface area contributed by atoms with E-state index in [1.54, 1.807) is 13.2 Å². The van der Waals surface area contributed by atoms with E-state index in [0.717, 1.165) is 17.4 Å². The van der Waals surface area contributed by atoms with Crippen LogP contribution in [0.15, 0.2) is 27.4 Å². The van der Waals surface area contributed by atoms with Gasteiger partial charge < -0.3 is 19.8 Å². The maximum absolute atomic E-state index is 12.6. The van der Waals surface area contributed by atoms with E-state index in [4.69, 9.17) is 14.9 Å². The number of halogens is 1. The molecule has 0 bridgehead atoms. The highest BCUT2D eigenvalue weighted by atomic mass is 35.5. The van der Waals surface area contributed by atoms with Crippen LogP contribution in [0.1, 0.15) is 30.9 Å². The van der Waals surface area contributed by atoms with Gasteiger partial charge in [-0.25, -0.2) is 4.79 Å². The molecular formula is C20H27ClN2O4. The van der Waals surface area contributed by atoms with E-state index < -0.39 is 0 Å². The van der Waals surface area contributed by atoms with Crippen LogP contribution in [0, 0.1) is 12.8 Å². The Kier molecular flexibility index (Phi) is 6.89. The minimum atomic E-state index is -0.384. The minimum Gasteiger partial charge on any atom is -0.497 e. The Morgan fingerprint density at radius 1 is 1.41 bits per heavy atom. The average Bonchev–Trinajstić information content (AvgIpc) is 3.01. The van der Waals surface area contributed by atoms with Gasteiger partial charge >= 0.3 is 5.63 Å². The van der Waals surface area contributed by atoms with Crippen LogP contribution in [-0.4, -0.2) is 37.0 Å². The van der Waals surface area contributed by atoms with E-state index >= 15 is 0 Å². The number of nitrogens with two attached hydrogens (primary N) is 1. The molecule has 1 saturated heterocycles. The van der Waals surface area contributed by atoms with E-state index in [-0.39, 0.29) is 30.0 Å². The number of ether oxygens (including phenoxy) is 1. The molecule has 0 aliphatic carbocycles. The quantitative estimate of drug-likeness (QED) is 0.788. The molecule has 1 aliphatic heterocycles. The fourth-order valence-corrected chi connectivity index (χ4v) is 3.83. The van der Waals surface area contributed by atoms with Gasteiger partial charge in [-0.2, -0.15) is 0 Å². The fourth-order valence-electron chi connectivity index (χ4n) is 3.83. The molecule has 2 heterocycles. The highest BCUT2D eigenvalue weighted by Gasteiger charge is 2.31. The number of carbonyl (C=O) groups excluding carboxylic acids is 1. The van der Waals surface area contributed by atoms with Crippen LogP contribution < -0.4 is 16.1 Å². The molecule has 2 atom stereocenters. The van der Waals surface area contributed by atoms with Crippen molar-refractivity contribution in [2.45, 2.75) is 39.2 Å². The average molecular weight is 395 g/mol. The van der Waals surface area contributed by atoms with E-state index in [1.807, 2.05) is 24.0 Å². The molecule has 0 saturated carbocycles. The van der Waals surface area contributed by atoms with Crippen molar-refractivity contribution in [3.05, 3.63) is 39.7 Å². The Balaban J connectivity index is 0.00000261. The van der Waals surface area contributed by atoms with Crippen molar-refractivity contribution in [3.8, 4) is 5.75 Å². The summed E-state index contributed by atoms with van der Waals surface area (Å²) in [5, 5.41) is 0.866. The molecule has 6 nitrogen and oxygen atoms in total. The second-order valence-corrected chi connectivity index (χ2v) is 7.09. The number of methoxy groups -OCH3 is 1. The Labute approximate surface area is 165 Å². The van der Waals surface area contributed by atoms with Crippen molar-refractivity contribution >= 4 is 29.3 Å². The van der Waals surface area contributed by atoms with Gasteiger partial charge in [-0.15, -0.1) is 12.4 Å². The van der Waals surface area contributed by atoms with Gasteiger partial charge in [0.2, 0.25) is 5.91 Å². The van der Waals surface area contributed by atoms with Crippen molar-refractivity contribution in [2.75, 3.05) is 20.2 Å². The molecule has 148 valence electrons. The summed E-state index contributed by atoms with van der Waals surface area (Å²) in [5.41, 5.74) is 7.28. The predicted octanol–water partition coefficient (Wildman–Crippen LogP) is 2.66. The van der Waals surface area contributed by atoms with E-state index in [2.05, 4.69) is 6.92 Å². The van der Waals surface area contributed by atoms with Gasteiger partial charge in [0.25, 0.3) is 0 Å². The number of amides is 1. The lowest BCUT2D eigenvalue weighted by Crippen LogP contribution is -2.34. The minimum absolute atomic E-state index is 0. The molecule has 2 aromatic rings. The summed E-state index contributed by atoms with van der Waals surface area (Å²) >= 11 is 0. The first-order valence-electron chi connectivity index (χ1n) is 9.04. The molecule has 1 aromatic heterocycles. The number of rotatable bonds is 5. The summed E-state index contributed by atoms with van der Waals surface area (Å²) in [5.74, 6) is 1.08. The number of hydrogen-bond donors (Lipinski definition) is 1. The standard InChI is InChI=1S/C20H26N2O4.ClH/c1-12-8-14(10-21)11-22(12)19(23)7-6-17-13(2)16-5-4-15(25-3)9-18(16)26-20(17)24;/h4-5,9,12,14H,6-8,10-11,21H2,1-3H3;1H. The van der Waals surface area contributed by atoms with E-state index in [1.165, 1.54) is 0 Å². The Morgan fingerprint density at radius 3 is 2.78 bits per heavy atom. The zero-order chi connectivity index (χ0) is 18.8. The van der Waals surface area contributed by atoms with Gasteiger partial charge in [-0.1, -0.05) is 0 Å². The summed E-state index contributed by atoms with van der Waals surface area (Å²) in [6, 6.07) is 5.63. The maximum Gasteiger partial charge on any atom is 0.339 e. The second-order valence-electron chi connectivity index (χ2n) is 7.09. The SMILES string of the molecule is COc1ccc2c(C)c(CCC(=O)N3CC(CN)CC3C)c(=O)oc2c1.Cl. The predicted molar refractivity (Wildman–Crippen MR) is 108 cm³/mol. The smallest absolute Gasteiger partial charge is 0.339 e. The van der Waals surface area contributed by atoms with Gasteiger partial charge in [-0.3, -0.25) is 4.79 Å². The number of nitrogens with zero attached hydrogens (tertiary/aromatic N) is 1. The summed E-state index contributed by atoms with van der Waals surface area (Å²) in [7, 11) is 1.57. The number of hydrogen-bond acceptors (Lipinski definition) is 5. The van der Waals surface area contributed by atoms with Crippen LogP contribution in [0.5, 0.6) is 5.75 Å². The molecule has 7 heteroatoms. The molecular weight excluding hydrogens is 368 g/mol.